The Hall–Kier alpha value is -3.84. The molecule has 3 aromatic carbocycles. The van der Waals surface area contributed by atoms with Crippen LogP contribution in [0.5, 0.6) is 5.75 Å². The first kappa shape index (κ1) is 30.1. The van der Waals surface area contributed by atoms with E-state index in [1.54, 1.807) is 49.1 Å². The molecule has 1 amide bonds. The number of aryl methyl sites for hydroxylation is 1. The highest BCUT2D eigenvalue weighted by molar-refractivity contribution is 6.30. The average Bonchev–Trinajstić information content (AvgIpc) is 2.89. The van der Waals surface area contributed by atoms with Gasteiger partial charge in [-0.1, -0.05) is 29.8 Å². The van der Waals surface area contributed by atoms with Gasteiger partial charge in [0.05, 0.1) is 17.6 Å². The van der Waals surface area contributed by atoms with E-state index in [2.05, 4.69) is 5.32 Å². The molecule has 0 saturated heterocycles. The molecule has 4 rings (SSSR count). The number of nitrogens with one attached hydrogen (secondary N) is 1. The van der Waals surface area contributed by atoms with Crippen LogP contribution in [-0.2, 0) is 9.59 Å². The summed E-state index contributed by atoms with van der Waals surface area (Å²) < 4.78 is 5.95. The number of halogens is 1. The highest BCUT2D eigenvalue weighted by Gasteiger charge is 2.44. The Morgan fingerprint density at radius 3 is 2.39 bits per heavy atom. The number of anilines is 2. The molecule has 0 aromatic heterocycles. The van der Waals surface area contributed by atoms with Crippen LogP contribution in [0.4, 0.5) is 11.4 Å². The summed E-state index contributed by atoms with van der Waals surface area (Å²) in [6.07, 6.45) is 0.363. The van der Waals surface area contributed by atoms with Crippen LogP contribution < -0.4 is 15.0 Å². The van der Waals surface area contributed by atoms with Crippen molar-refractivity contribution in [2.45, 2.75) is 72.1 Å². The summed E-state index contributed by atoms with van der Waals surface area (Å²) in [5.74, 6) is -0.564. The lowest BCUT2D eigenvalue weighted by Gasteiger charge is -2.44. The molecule has 3 aromatic rings. The van der Waals surface area contributed by atoms with Crippen LogP contribution in [0.1, 0.15) is 75.0 Å². The monoisotopic (exact) mass is 576 g/mol. The summed E-state index contributed by atoms with van der Waals surface area (Å²) in [5.41, 5.74) is 1.93. The number of ether oxygens (including phenoxy) is 1. The smallest absolute Gasteiger partial charge is 0.309 e. The fourth-order valence-electron chi connectivity index (χ4n) is 5.66. The van der Waals surface area contributed by atoms with Gasteiger partial charge >= 0.3 is 5.97 Å². The van der Waals surface area contributed by atoms with Crippen molar-refractivity contribution in [2.24, 2.45) is 5.41 Å². The zero-order valence-corrected chi connectivity index (χ0v) is 25.1. The molecule has 0 spiro atoms. The minimum Gasteiger partial charge on any atom is -0.491 e. The fourth-order valence-corrected chi connectivity index (χ4v) is 5.88. The molecule has 0 saturated carbocycles. The number of carbonyl (C=O) groups is 3. The van der Waals surface area contributed by atoms with E-state index < -0.39 is 16.9 Å². The Labute approximate surface area is 246 Å². The number of para-hydroxylation sites is 1. The highest BCUT2D eigenvalue weighted by Crippen LogP contribution is 2.44. The molecule has 0 radical (unpaired) electrons. The van der Waals surface area contributed by atoms with E-state index in [0.29, 0.717) is 29.2 Å². The topological polar surface area (TPSA) is 95.9 Å². The Balaban J connectivity index is 1.62. The van der Waals surface area contributed by atoms with Crippen molar-refractivity contribution in [1.29, 1.82) is 0 Å². The van der Waals surface area contributed by atoms with E-state index >= 15 is 0 Å². The molecule has 0 fully saturated rings. The van der Waals surface area contributed by atoms with Gasteiger partial charge in [0.1, 0.15) is 11.3 Å². The molecule has 1 aliphatic heterocycles. The van der Waals surface area contributed by atoms with E-state index in [1.165, 1.54) is 6.92 Å². The number of benzene rings is 3. The van der Waals surface area contributed by atoms with Crippen molar-refractivity contribution in [3.63, 3.8) is 0 Å². The lowest BCUT2D eigenvalue weighted by Crippen LogP contribution is -2.51. The van der Waals surface area contributed by atoms with Gasteiger partial charge in [-0.3, -0.25) is 14.4 Å². The van der Waals surface area contributed by atoms with Gasteiger partial charge in [-0.25, -0.2) is 0 Å². The van der Waals surface area contributed by atoms with Gasteiger partial charge in [-0.05, 0) is 101 Å². The molecule has 216 valence electrons. The Morgan fingerprint density at radius 2 is 1.78 bits per heavy atom. The summed E-state index contributed by atoms with van der Waals surface area (Å²) >= 11 is 6.21. The maximum atomic E-state index is 14.0. The zero-order chi connectivity index (χ0) is 30.1. The average molecular weight is 577 g/mol. The van der Waals surface area contributed by atoms with Crippen LogP contribution in [0.25, 0.3) is 0 Å². The van der Waals surface area contributed by atoms with Gasteiger partial charge in [0, 0.05) is 35.3 Å². The second-order valence-electron chi connectivity index (χ2n) is 11.8. The molecule has 3 atom stereocenters. The van der Waals surface area contributed by atoms with Crippen molar-refractivity contribution in [3.8, 4) is 5.75 Å². The molecule has 0 bridgehead atoms. The summed E-state index contributed by atoms with van der Waals surface area (Å²) in [6.45, 7) is 10.5. The van der Waals surface area contributed by atoms with Crippen LogP contribution >= 0.6 is 11.6 Å². The van der Waals surface area contributed by atoms with Gasteiger partial charge < -0.3 is 20.1 Å². The van der Waals surface area contributed by atoms with Crippen molar-refractivity contribution in [1.82, 2.24) is 0 Å². The number of hydrogen-bond acceptors (Lipinski definition) is 5. The number of Topliss-reactive ketones (excluding diaryl/α,β-unsaturated/α-hetero) is 1. The maximum Gasteiger partial charge on any atom is 0.309 e. The number of fused-ring (bicyclic) bond motifs is 1. The molecule has 41 heavy (non-hydrogen) atoms. The Bertz CT molecular complexity index is 1470. The third kappa shape index (κ3) is 6.41. The molecule has 0 aliphatic carbocycles. The summed E-state index contributed by atoms with van der Waals surface area (Å²) in [4.78, 5) is 40.4. The molecule has 1 heterocycles. The summed E-state index contributed by atoms with van der Waals surface area (Å²) in [7, 11) is 0. The van der Waals surface area contributed by atoms with Crippen molar-refractivity contribution in [3.05, 3.63) is 88.4 Å². The number of carbonyl (C=O) groups excluding carboxylic acids is 2. The second-order valence-corrected chi connectivity index (χ2v) is 12.2. The van der Waals surface area contributed by atoms with Gasteiger partial charge in [0.25, 0.3) is 0 Å². The Kier molecular flexibility index (Phi) is 8.50. The SMILES string of the molecule is CC(=O)N(c1ccc(Cl)cc1C)[C@@H]1CC(C)(C(=O)c2ccc(OC(C)CC(C)(C)C(=O)O)cc2)Nc2ccccc21. The molecule has 8 heteroatoms. The van der Waals surface area contributed by atoms with Crippen LogP contribution in [0.2, 0.25) is 5.02 Å². The first-order chi connectivity index (χ1) is 19.2. The van der Waals surface area contributed by atoms with Gasteiger partial charge in [0.2, 0.25) is 5.91 Å². The number of hydrogen-bond donors (Lipinski definition) is 2. The zero-order valence-electron chi connectivity index (χ0n) is 24.3. The largest absolute Gasteiger partial charge is 0.491 e. The van der Waals surface area contributed by atoms with E-state index in [4.69, 9.17) is 16.3 Å². The summed E-state index contributed by atoms with van der Waals surface area (Å²) in [5, 5.41) is 13.5. The molecular weight excluding hydrogens is 540 g/mol. The van der Waals surface area contributed by atoms with E-state index in [9.17, 15) is 19.5 Å². The fraction of sp³-hybridized carbons (Fsp3) is 0.364. The second kappa shape index (κ2) is 11.6. The number of nitrogens with zero attached hydrogens (tertiary/aromatic N) is 1. The van der Waals surface area contributed by atoms with E-state index in [-0.39, 0.29) is 23.8 Å². The number of amides is 1. The third-order valence-electron chi connectivity index (χ3n) is 7.73. The number of ketones is 1. The van der Waals surface area contributed by atoms with Crippen molar-refractivity contribution in [2.75, 3.05) is 10.2 Å². The van der Waals surface area contributed by atoms with Crippen molar-refractivity contribution < 1.29 is 24.2 Å². The van der Waals surface area contributed by atoms with Gasteiger partial charge in [0.15, 0.2) is 5.78 Å². The first-order valence-electron chi connectivity index (χ1n) is 13.7. The van der Waals surface area contributed by atoms with E-state index in [1.807, 2.05) is 57.2 Å². The quantitative estimate of drug-likeness (QED) is 0.257. The van der Waals surface area contributed by atoms with Crippen LogP contribution in [0.15, 0.2) is 66.7 Å². The lowest BCUT2D eigenvalue weighted by atomic mass is 9.78. The predicted octanol–water partition coefficient (Wildman–Crippen LogP) is 7.47. The predicted molar refractivity (Wildman–Crippen MR) is 162 cm³/mol. The van der Waals surface area contributed by atoms with Crippen LogP contribution in [-0.4, -0.2) is 34.4 Å². The van der Waals surface area contributed by atoms with Gasteiger partial charge in [-0.2, -0.15) is 0 Å². The van der Waals surface area contributed by atoms with Crippen molar-refractivity contribution >= 4 is 40.6 Å². The molecule has 2 unspecified atom stereocenters. The van der Waals surface area contributed by atoms with E-state index in [0.717, 1.165) is 22.5 Å². The number of aliphatic carboxylic acids is 1. The van der Waals surface area contributed by atoms with Crippen LogP contribution in [0, 0.1) is 12.3 Å². The molecule has 7 nitrogen and oxygen atoms in total. The standard InChI is InChI=1S/C33H37ClN2O5/c1-20-17-24(34)13-16-28(20)36(22(3)37)29-19-33(6,35-27-10-8-7-9-26(27)29)30(38)23-11-14-25(15-12-23)41-21(2)18-32(4,5)31(39)40/h7-17,21,29,35H,18-19H2,1-6H3,(H,39,40)/t21?,29-,33?/m1/s1. The molecule has 2 N–H and O–H groups in total. The Morgan fingerprint density at radius 1 is 1.12 bits per heavy atom. The minimum atomic E-state index is -1.01. The first-order valence-corrected chi connectivity index (χ1v) is 14.1. The number of carboxylic acids is 1. The third-order valence-corrected chi connectivity index (χ3v) is 7.97. The number of rotatable bonds is 9. The normalized spacial score (nSPS) is 19.0. The number of carboxylic acid groups (broad SMARTS) is 1. The van der Waals surface area contributed by atoms with Crippen LogP contribution in [0.3, 0.4) is 0 Å². The lowest BCUT2D eigenvalue weighted by molar-refractivity contribution is -0.148. The maximum absolute atomic E-state index is 14.0. The molecular formula is C33H37ClN2O5. The van der Waals surface area contributed by atoms with Gasteiger partial charge in [-0.15, -0.1) is 0 Å². The molecule has 1 aliphatic rings. The minimum absolute atomic E-state index is 0.111. The highest BCUT2D eigenvalue weighted by atomic mass is 35.5. The summed E-state index contributed by atoms with van der Waals surface area (Å²) in [6, 6.07) is 19.7.